The minimum atomic E-state index is -4.56. The van der Waals surface area contributed by atoms with Gasteiger partial charge in [0.15, 0.2) is 0 Å². The predicted molar refractivity (Wildman–Crippen MR) is 152 cm³/mol. The van der Waals surface area contributed by atoms with Gasteiger partial charge in [-0.2, -0.15) is 13.2 Å². The molecule has 0 aliphatic carbocycles. The average molecular weight is 565 g/mol. The number of pyridine rings is 2. The summed E-state index contributed by atoms with van der Waals surface area (Å²) in [5.74, 6) is -0.676. The van der Waals surface area contributed by atoms with Crippen LogP contribution in [-0.2, 0) is 17.5 Å². The fourth-order valence-corrected chi connectivity index (χ4v) is 5.10. The third-order valence-electron chi connectivity index (χ3n) is 7.31. The standard InChI is InChI=1S/C31H31F3N4O3/c1-20-7-8-25(36-29(39)22-5-3-6-24(16-22)31(32,33)34)18-26(20)27-17-23-19-35-21(2)15-28(23)38(30(27)40)10-4-9-37-11-13-41-14-12-37/h3,5-8,15-19H,4,9-14H2,1-2H3,(H,36,39). The molecule has 0 unspecified atom stereocenters. The first-order valence-electron chi connectivity index (χ1n) is 13.5. The molecule has 214 valence electrons. The monoisotopic (exact) mass is 564 g/mol. The van der Waals surface area contributed by atoms with E-state index < -0.39 is 17.6 Å². The Morgan fingerprint density at radius 2 is 1.78 bits per heavy atom. The van der Waals surface area contributed by atoms with Crippen LogP contribution in [0.5, 0.6) is 0 Å². The number of amides is 1. The van der Waals surface area contributed by atoms with Crippen molar-refractivity contribution in [3.8, 4) is 11.1 Å². The summed E-state index contributed by atoms with van der Waals surface area (Å²) in [6.45, 7) is 8.29. The van der Waals surface area contributed by atoms with Crippen LogP contribution in [-0.4, -0.2) is 53.2 Å². The van der Waals surface area contributed by atoms with Crippen LogP contribution in [0, 0.1) is 13.8 Å². The lowest BCUT2D eigenvalue weighted by Crippen LogP contribution is -2.37. The fourth-order valence-electron chi connectivity index (χ4n) is 5.10. The number of rotatable bonds is 7. The van der Waals surface area contributed by atoms with Crippen LogP contribution < -0.4 is 10.9 Å². The van der Waals surface area contributed by atoms with Crippen LogP contribution in [0.3, 0.4) is 0 Å². The van der Waals surface area contributed by atoms with E-state index in [1.54, 1.807) is 29.0 Å². The molecule has 4 aromatic rings. The van der Waals surface area contributed by atoms with Crippen LogP contribution in [0.4, 0.5) is 18.9 Å². The maximum atomic E-state index is 13.9. The molecule has 1 N–H and O–H groups in total. The molecule has 1 amide bonds. The molecule has 1 aliphatic heterocycles. The Bertz CT molecular complexity index is 1640. The Balaban J connectivity index is 1.47. The molecule has 1 saturated heterocycles. The maximum Gasteiger partial charge on any atom is 0.416 e. The van der Waals surface area contributed by atoms with Crippen LogP contribution in [0.2, 0.25) is 0 Å². The highest BCUT2D eigenvalue weighted by atomic mass is 19.4. The van der Waals surface area contributed by atoms with E-state index in [2.05, 4.69) is 15.2 Å². The van der Waals surface area contributed by atoms with E-state index in [9.17, 15) is 22.8 Å². The second-order valence-corrected chi connectivity index (χ2v) is 10.3. The Labute approximate surface area is 235 Å². The molecule has 0 spiro atoms. The van der Waals surface area contributed by atoms with Crippen molar-refractivity contribution in [2.24, 2.45) is 0 Å². The first-order valence-corrected chi connectivity index (χ1v) is 13.5. The summed E-state index contributed by atoms with van der Waals surface area (Å²) in [7, 11) is 0. The summed E-state index contributed by atoms with van der Waals surface area (Å²) >= 11 is 0. The van der Waals surface area contributed by atoms with Crippen molar-refractivity contribution in [2.75, 3.05) is 38.2 Å². The van der Waals surface area contributed by atoms with Crippen molar-refractivity contribution < 1.29 is 22.7 Å². The Morgan fingerprint density at radius 3 is 2.54 bits per heavy atom. The molecule has 10 heteroatoms. The van der Waals surface area contributed by atoms with E-state index in [-0.39, 0.29) is 11.1 Å². The van der Waals surface area contributed by atoms with E-state index in [1.165, 1.54) is 12.1 Å². The molecule has 2 aromatic carbocycles. The van der Waals surface area contributed by atoms with Crippen LogP contribution in [0.1, 0.15) is 33.6 Å². The molecule has 0 radical (unpaired) electrons. The lowest BCUT2D eigenvalue weighted by molar-refractivity contribution is -0.137. The van der Waals surface area contributed by atoms with Gasteiger partial charge in [0.2, 0.25) is 0 Å². The Kier molecular flexibility index (Phi) is 8.23. The van der Waals surface area contributed by atoms with E-state index >= 15 is 0 Å². The third-order valence-corrected chi connectivity index (χ3v) is 7.31. The van der Waals surface area contributed by atoms with Crippen molar-refractivity contribution in [3.63, 3.8) is 0 Å². The number of ether oxygens (including phenoxy) is 1. The van der Waals surface area contributed by atoms with Gasteiger partial charge < -0.3 is 14.6 Å². The number of carbonyl (C=O) groups is 1. The summed E-state index contributed by atoms with van der Waals surface area (Å²) in [5.41, 5.74) is 2.72. The molecule has 0 bridgehead atoms. The summed E-state index contributed by atoms with van der Waals surface area (Å²) in [5, 5.41) is 3.49. The quantitative estimate of drug-likeness (QED) is 0.313. The van der Waals surface area contributed by atoms with E-state index in [4.69, 9.17) is 4.74 Å². The first kappa shape index (κ1) is 28.5. The second kappa shape index (κ2) is 11.8. The van der Waals surface area contributed by atoms with Crippen LogP contribution in [0.25, 0.3) is 22.0 Å². The minimum Gasteiger partial charge on any atom is -0.379 e. The smallest absolute Gasteiger partial charge is 0.379 e. The minimum absolute atomic E-state index is 0.114. The molecule has 1 fully saturated rings. The number of aryl methyl sites for hydroxylation is 3. The highest BCUT2D eigenvalue weighted by Gasteiger charge is 2.31. The van der Waals surface area contributed by atoms with Crippen molar-refractivity contribution in [3.05, 3.63) is 93.5 Å². The predicted octanol–water partition coefficient (Wildman–Crippen LogP) is 5.67. The molecule has 0 atom stereocenters. The number of hydrogen-bond acceptors (Lipinski definition) is 5. The normalized spacial score (nSPS) is 14.4. The van der Waals surface area contributed by atoms with Crippen LogP contribution >= 0.6 is 0 Å². The molecule has 41 heavy (non-hydrogen) atoms. The van der Waals surface area contributed by atoms with Gasteiger partial charge in [-0.25, -0.2) is 0 Å². The molecule has 0 saturated carbocycles. The summed E-state index contributed by atoms with van der Waals surface area (Å²) in [6.07, 6.45) is -2.02. The number of fused-ring (bicyclic) bond motifs is 1. The third kappa shape index (κ3) is 6.49. The highest BCUT2D eigenvalue weighted by molar-refractivity contribution is 6.04. The number of anilines is 1. The molecule has 5 rings (SSSR count). The number of morpholine rings is 1. The summed E-state index contributed by atoms with van der Waals surface area (Å²) < 4.78 is 46.6. The summed E-state index contributed by atoms with van der Waals surface area (Å²) in [4.78, 5) is 33.5. The SMILES string of the molecule is Cc1cc2c(cn1)cc(-c1cc(NC(=O)c3cccc(C(F)(F)F)c3)ccc1C)c(=O)n2CCCN1CCOCC1. The maximum absolute atomic E-state index is 13.9. The zero-order valence-corrected chi connectivity index (χ0v) is 22.9. The molecule has 2 aromatic heterocycles. The number of aromatic nitrogens is 2. The zero-order valence-electron chi connectivity index (χ0n) is 22.9. The number of hydrogen-bond donors (Lipinski definition) is 1. The van der Waals surface area contributed by atoms with Gasteiger partial charge >= 0.3 is 6.18 Å². The van der Waals surface area contributed by atoms with Gasteiger partial charge in [-0.05, 0) is 73.9 Å². The van der Waals surface area contributed by atoms with Gasteiger partial charge in [-0.15, -0.1) is 0 Å². The molecular formula is C31H31F3N4O3. The Morgan fingerprint density at radius 1 is 1.00 bits per heavy atom. The van der Waals surface area contributed by atoms with Crippen LogP contribution in [0.15, 0.2) is 65.6 Å². The Hall–Kier alpha value is -4.02. The van der Waals surface area contributed by atoms with Crippen molar-refractivity contribution in [1.82, 2.24) is 14.5 Å². The fraction of sp³-hybridized carbons (Fsp3) is 0.323. The number of nitrogens with one attached hydrogen (secondary N) is 1. The van der Waals surface area contributed by atoms with Gasteiger partial charge in [-0.1, -0.05) is 12.1 Å². The largest absolute Gasteiger partial charge is 0.416 e. The molecule has 3 heterocycles. The van der Waals surface area contributed by atoms with Crippen molar-refractivity contribution >= 4 is 22.5 Å². The lowest BCUT2D eigenvalue weighted by Gasteiger charge is -2.26. The number of halogens is 3. The highest BCUT2D eigenvalue weighted by Crippen LogP contribution is 2.30. The lowest BCUT2D eigenvalue weighted by atomic mass is 9.99. The van der Waals surface area contributed by atoms with Gasteiger partial charge in [0, 0.05) is 60.3 Å². The van der Waals surface area contributed by atoms with Gasteiger partial charge in [-0.3, -0.25) is 19.5 Å². The number of alkyl halides is 3. The number of nitrogens with zero attached hydrogens (tertiary/aromatic N) is 3. The topological polar surface area (TPSA) is 76.5 Å². The molecular weight excluding hydrogens is 533 g/mol. The number of benzene rings is 2. The van der Waals surface area contributed by atoms with Gasteiger partial charge in [0.1, 0.15) is 0 Å². The average Bonchev–Trinajstić information content (AvgIpc) is 2.95. The number of carbonyl (C=O) groups excluding carboxylic acids is 1. The van der Waals surface area contributed by atoms with E-state index in [0.717, 1.165) is 60.3 Å². The molecule has 7 nitrogen and oxygen atoms in total. The van der Waals surface area contributed by atoms with E-state index in [1.807, 2.05) is 26.0 Å². The van der Waals surface area contributed by atoms with E-state index in [0.29, 0.717) is 36.6 Å². The molecule has 1 aliphatic rings. The van der Waals surface area contributed by atoms with Gasteiger partial charge in [0.25, 0.3) is 11.5 Å². The van der Waals surface area contributed by atoms with Crippen molar-refractivity contribution in [2.45, 2.75) is 33.0 Å². The van der Waals surface area contributed by atoms with Gasteiger partial charge in [0.05, 0.1) is 24.3 Å². The van der Waals surface area contributed by atoms with Crippen molar-refractivity contribution in [1.29, 1.82) is 0 Å². The first-order chi connectivity index (χ1) is 19.6. The second-order valence-electron chi connectivity index (χ2n) is 10.3. The zero-order chi connectivity index (χ0) is 29.1. The summed E-state index contributed by atoms with van der Waals surface area (Å²) in [6, 6.07) is 13.1.